The van der Waals surface area contributed by atoms with Crippen LogP contribution in [0.1, 0.15) is 22.6 Å². The first-order valence-corrected chi connectivity index (χ1v) is 7.90. The molecule has 1 aromatic rings. The van der Waals surface area contributed by atoms with Gasteiger partial charge in [-0.15, -0.1) is 0 Å². The molecule has 1 aliphatic heterocycles. The van der Waals surface area contributed by atoms with Crippen LogP contribution in [0.3, 0.4) is 0 Å². The molecule has 6 nitrogen and oxygen atoms in total. The van der Waals surface area contributed by atoms with Gasteiger partial charge in [-0.1, -0.05) is 6.07 Å². The van der Waals surface area contributed by atoms with Gasteiger partial charge in [0.2, 0.25) is 0 Å². The van der Waals surface area contributed by atoms with Gasteiger partial charge < -0.3 is 5.11 Å². The monoisotopic (exact) mass is 284 g/mol. The minimum absolute atomic E-state index is 0.0138. The maximum absolute atomic E-state index is 11.5. The van der Waals surface area contributed by atoms with Gasteiger partial charge in [0, 0.05) is 13.1 Å². The average Bonchev–Trinajstić information content (AvgIpc) is 2.51. The van der Waals surface area contributed by atoms with Gasteiger partial charge in [-0.3, -0.25) is 4.90 Å². The minimum Gasteiger partial charge on any atom is -0.477 e. The normalized spacial score (nSPS) is 19.8. The quantitative estimate of drug-likeness (QED) is 0.864. The molecule has 0 aromatic carbocycles. The Labute approximate surface area is 112 Å². The van der Waals surface area contributed by atoms with Crippen molar-refractivity contribution >= 4 is 15.8 Å². The lowest BCUT2D eigenvalue weighted by Gasteiger charge is -2.18. The van der Waals surface area contributed by atoms with Crippen LogP contribution in [0, 0.1) is 0 Å². The highest BCUT2D eigenvalue weighted by molar-refractivity contribution is 7.91. The third-order valence-electron chi connectivity index (χ3n) is 3.06. The summed E-state index contributed by atoms with van der Waals surface area (Å²) in [6, 6.07) is 4.85. The van der Waals surface area contributed by atoms with E-state index in [1.54, 1.807) is 12.1 Å². The topological polar surface area (TPSA) is 87.6 Å². The molecule has 2 rings (SSSR count). The van der Waals surface area contributed by atoms with E-state index in [1.165, 1.54) is 6.07 Å². The summed E-state index contributed by atoms with van der Waals surface area (Å²) in [5.74, 6) is -0.669. The molecule has 0 amide bonds. The van der Waals surface area contributed by atoms with Crippen LogP contribution in [-0.4, -0.2) is 54.0 Å². The summed E-state index contributed by atoms with van der Waals surface area (Å²) < 4.78 is 23.0. The SMILES string of the molecule is O=C(O)c1cccc(CN2CCCS(=O)(=O)CC2)n1. The van der Waals surface area contributed by atoms with Gasteiger partial charge in [0.05, 0.1) is 17.2 Å². The molecule has 2 heterocycles. The van der Waals surface area contributed by atoms with Crippen LogP contribution < -0.4 is 0 Å². The van der Waals surface area contributed by atoms with Crippen LogP contribution >= 0.6 is 0 Å². The first-order chi connectivity index (χ1) is 8.96. The second kappa shape index (κ2) is 5.66. The van der Waals surface area contributed by atoms with Gasteiger partial charge in [0.15, 0.2) is 9.84 Å². The van der Waals surface area contributed by atoms with Crippen molar-refractivity contribution in [2.75, 3.05) is 24.6 Å². The van der Waals surface area contributed by atoms with Crippen molar-refractivity contribution in [3.63, 3.8) is 0 Å². The molecule has 1 saturated heterocycles. The largest absolute Gasteiger partial charge is 0.477 e. The van der Waals surface area contributed by atoms with Crippen molar-refractivity contribution in [3.8, 4) is 0 Å². The molecule has 7 heteroatoms. The second-order valence-corrected chi connectivity index (χ2v) is 6.90. The minimum atomic E-state index is -2.92. The number of sulfone groups is 1. The zero-order chi connectivity index (χ0) is 13.9. The summed E-state index contributed by atoms with van der Waals surface area (Å²) in [5, 5.41) is 8.87. The number of carboxylic acids is 1. The van der Waals surface area contributed by atoms with Crippen LogP contribution in [0.25, 0.3) is 0 Å². The Bertz CT molecular complexity index is 571. The number of nitrogens with zero attached hydrogens (tertiary/aromatic N) is 2. The standard InChI is InChI=1S/C12H16N2O4S/c15-12(16)11-4-1-3-10(13-11)9-14-5-2-7-19(17,18)8-6-14/h1,3-4H,2,5-9H2,(H,15,16). The zero-order valence-corrected chi connectivity index (χ0v) is 11.3. The Morgan fingerprint density at radius 1 is 1.32 bits per heavy atom. The predicted octanol–water partition coefficient (Wildman–Crippen LogP) is 0.400. The summed E-state index contributed by atoms with van der Waals surface area (Å²) in [6.07, 6.45) is 0.612. The molecule has 1 aromatic heterocycles. The van der Waals surface area contributed by atoms with E-state index in [0.29, 0.717) is 31.7 Å². The number of carbonyl (C=O) groups is 1. The van der Waals surface area contributed by atoms with E-state index in [4.69, 9.17) is 5.11 Å². The molecular weight excluding hydrogens is 268 g/mol. The lowest BCUT2D eigenvalue weighted by atomic mass is 10.2. The molecule has 0 radical (unpaired) electrons. The van der Waals surface area contributed by atoms with Crippen molar-refractivity contribution in [2.24, 2.45) is 0 Å². The average molecular weight is 284 g/mol. The van der Waals surface area contributed by atoms with Gasteiger partial charge in [0.25, 0.3) is 0 Å². The maximum Gasteiger partial charge on any atom is 0.354 e. The third kappa shape index (κ3) is 4.00. The molecule has 1 fully saturated rings. The fraction of sp³-hybridized carbons (Fsp3) is 0.500. The van der Waals surface area contributed by atoms with Crippen LogP contribution in [0.2, 0.25) is 0 Å². The second-order valence-electron chi connectivity index (χ2n) is 4.60. The zero-order valence-electron chi connectivity index (χ0n) is 10.4. The molecular formula is C12H16N2O4S. The highest BCUT2D eigenvalue weighted by Crippen LogP contribution is 2.09. The van der Waals surface area contributed by atoms with Crippen LogP contribution in [0.4, 0.5) is 0 Å². The molecule has 0 atom stereocenters. The van der Waals surface area contributed by atoms with Crippen molar-refractivity contribution in [3.05, 3.63) is 29.6 Å². The molecule has 0 aliphatic carbocycles. The molecule has 104 valence electrons. The summed E-state index contributed by atoms with van der Waals surface area (Å²) in [5.41, 5.74) is 0.666. The first kappa shape index (κ1) is 14.0. The Hall–Kier alpha value is -1.47. The number of pyridine rings is 1. The maximum atomic E-state index is 11.5. The van der Waals surface area contributed by atoms with E-state index < -0.39 is 15.8 Å². The first-order valence-electron chi connectivity index (χ1n) is 6.08. The van der Waals surface area contributed by atoms with Gasteiger partial charge >= 0.3 is 5.97 Å². The molecule has 1 N–H and O–H groups in total. The number of aromatic nitrogens is 1. The highest BCUT2D eigenvalue weighted by Gasteiger charge is 2.19. The van der Waals surface area contributed by atoms with Crippen LogP contribution in [0.15, 0.2) is 18.2 Å². The summed E-state index contributed by atoms with van der Waals surface area (Å²) in [7, 11) is -2.92. The van der Waals surface area contributed by atoms with E-state index in [-0.39, 0.29) is 17.2 Å². The predicted molar refractivity (Wildman–Crippen MR) is 69.7 cm³/mol. The summed E-state index contributed by atoms with van der Waals surface area (Å²) in [4.78, 5) is 16.9. The van der Waals surface area contributed by atoms with Gasteiger partial charge in [-0.05, 0) is 25.1 Å². The van der Waals surface area contributed by atoms with Crippen LogP contribution in [-0.2, 0) is 16.4 Å². The number of hydrogen-bond acceptors (Lipinski definition) is 5. The van der Waals surface area contributed by atoms with E-state index in [2.05, 4.69) is 4.98 Å². The fourth-order valence-electron chi connectivity index (χ4n) is 2.06. The number of rotatable bonds is 3. The molecule has 0 saturated carbocycles. The molecule has 0 bridgehead atoms. The lowest BCUT2D eigenvalue weighted by Crippen LogP contribution is -2.27. The van der Waals surface area contributed by atoms with E-state index in [0.717, 1.165) is 0 Å². The molecule has 1 aliphatic rings. The van der Waals surface area contributed by atoms with Crippen molar-refractivity contribution < 1.29 is 18.3 Å². The van der Waals surface area contributed by atoms with Gasteiger partial charge in [-0.25, -0.2) is 18.2 Å². The van der Waals surface area contributed by atoms with Gasteiger partial charge in [-0.2, -0.15) is 0 Å². The summed E-state index contributed by atoms with van der Waals surface area (Å²) in [6.45, 7) is 1.65. The fourth-order valence-corrected chi connectivity index (χ4v) is 3.37. The van der Waals surface area contributed by atoms with Crippen molar-refractivity contribution in [1.29, 1.82) is 0 Å². The van der Waals surface area contributed by atoms with Crippen molar-refractivity contribution in [2.45, 2.75) is 13.0 Å². The van der Waals surface area contributed by atoms with Gasteiger partial charge in [0.1, 0.15) is 5.69 Å². The number of aromatic carboxylic acids is 1. The Morgan fingerprint density at radius 2 is 2.11 bits per heavy atom. The third-order valence-corrected chi connectivity index (χ3v) is 4.77. The highest BCUT2D eigenvalue weighted by atomic mass is 32.2. The summed E-state index contributed by atoms with van der Waals surface area (Å²) >= 11 is 0. The number of carboxylic acid groups (broad SMARTS) is 1. The smallest absolute Gasteiger partial charge is 0.354 e. The Kier molecular flexibility index (Phi) is 4.16. The Balaban J connectivity index is 2.05. The van der Waals surface area contributed by atoms with E-state index in [9.17, 15) is 13.2 Å². The number of hydrogen-bond donors (Lipinski definition) is 1. The van der Waals surface area contributed by atoms with Crippen molar-refractivity contribution in [1.82, 2.24) is 9.88 Å². The molecule has 19 heavy (non-hydrogen) atoms. The molecule has 0 spiro atoms. The lowest BCUT2D eigenvalue weighted by molar-refractivity contribution is 0.0690. The van der Waals surface area contributed by atoms with E-state index >= 15 is 0 Å². The molecule has 0 unspecified atom stereocenters. The van der Waals surface area contributed by atoms with E-state index in [1.807, 2.05) is 4.90 Å². The van der Waals surface area contributed by atoms with Crippen LogP contribution in [0.5, 0.6) is 0 Å². The Morgan fingerprint density at radius 3 is 2.84 bits per heavy atom.